The van der Waals surface area contributed by atoms with Gasteiger partial charge in [0.25, 0.3) is 5.91 Å². The van der Waals surface area contributed by atoms with E-state index in [2.05, 4.69) is 19.2 Å². The second kappa shape index (κ2) is 7.25. The van der Waals surface area contributed by atoms with Crippen molar-refractivity contribution in [2.75, 3.05) is 6.54 Å². The van der Waals surface area contributed by atoms with E-state index >= 15 is 0 Å². The van der Waals surface area contributed by atoms with Gasteiger partial charge >= 0.3 is 0 Å². The third kappa shape index (κ3) is 4.43. The van der Waals surface area contributed by atoms with Gasteiger partial charge in [0.05, 0.1) is 13.2 Å². The number of fused-ring (bicyclic) bond motifs is 1. The molecule has 1 aliphatic heterocycles. The first kappa shape index (κ1) is 18.0. The number of ether oxygens (including phenoxy) is 1. The zero-order valence-electron chi connectivity index (χ0n) is 12.9. The molecular formula is C16H25ClN2O2. The summed E-state index contributed by atoms with van der Waals surface area (Å²) in [5.74, 6) is 0.422. The van der Waals surface area contributed by atoms with Crippen LogP contribution in [0.1, 0.15) is 48.7 Å². The average molecular weight is 313 g/mol. The Morgan fingerprint density at radius 3 is 2.67 bits per heavy atom. The van der Waals surface area contributed by atoms with Crippen LogP contribution in [0.4, 0.5) is 0 Å². The van der Waals surface area contributed by atoms with E-state index in [0.29, 0.717) is 31.2 Å². The van der Waals surface area contributed by atoms with Gasteiger partial charge in [-0.15, -0.1) is 12.4 Å². The van der Waals surface area contributed by atoms with Gasteiger partial charge in [-0.25, -0.2) is 0 Å². The lowest BCUT2D eigenvalue weighted by Gasteiger charge is -2.31. The van der Waals surface area contributed by atoms with E-state index in [1.165, 1.54) is 5.56 Å². The molecule has 1 heterocycles. The lowest BCUT2D eigenvalue weighted by molar-refractivity contribution is 0.0898. The molecule has 0 aromatic heterocycles. The fraction of sp³-hybridized carbons (Fsp3) is 0.562. The summed E-state index contributed by atoms with van der Waals surface area (Å²) in [5, 5.41) is 3.08. The molecule has 1 aliphatic rings. The Morgan fingerprint density at radius 1 is 1.38 bits per heavy atom. The number of amides is 1. The summed E-state index contributed by atoms with van der Waals surface area (Å²) in [5.41, 5.74) is 8.43. The average Bonchev–Trinajstić information content (AvgIpc) is 2.84. The predicted octanol–water partition coefficient (Wildman–Crippen LogP) is 2.63. The van der Waals surface area contributed by atoms with Gasteiger partial charge in [0.2, 0.25) is 0 Å². The highest BCUT2D eigenvalue weighted by molar-refractivity contribution is 5.95. The topological polar surface area (TPSA) is 64.3 Å². The lowest BCUT2D eigenvalue weighted by Crippen LogP contribution is -2.52. The summed E-state index contributed by atoms with van der Waals surface area (Å²) in [7, 11) is 0. The van der Waals surface area contributed by atoms with Crippen molar-refractivity contribution in [3.8, 4) is 0 Å². The Labute approximate surface area is 132 Å². The van der Waals surface area contributed by atoms with Crippen molar-refractivity contribution in [1.29, 1.82) is 0 Å². The van der Waals surface area contributed by atoms with Crippen molar-refractivity contribution in [2.24, 2.45) is 11.7 Å². The SMILES string of the molecule is CC(C)CC(C)(CN)NC(=O)c1ccc2c(c1)COC2.Cl. The quantitative estimate of drug-likeness (QED) is 0.878. The van der Waals surface area contributed by atoms with Crippen molar-refractivity contribution in [1.82, 2.24) is 5.32 Å². The van der Waals surface area contributed by atoms with Crippen molar-refractivity contribution in [3.05, 3.63) is 34.9 Å². The van der Waals surface area contributed by atoms with Crippen LogP contribution in [0, 0.1) is 5.92 Å². The summed E-state index contributed by atoms with van der Waals surface area (Å²) in [6, 6.07) is 5.75. The third-order valence-electron chi connectivity index (χ3n) is 3.71. The van der Waals surface area contributed by atoms with E-state index in [-0.39, 0.29) is 23.9 Å². The first-order chi connectivity index (χ1) is 9.43. The van der Waals surface area contributed by atoms with Gasteiger partial charge in [0.15, 0.2) is 0 Å². The number of benzene rings is 1. The molecule has 0 bridgehead atoms. The van der Waals surface area contributed by atoms with Crippen LogP contribution in [0.5, 0.6) is 0 Å². The van der Waals surface area contributed by atoms with E-state index in [4.69, 9.17) is 10.5 Å². The van der Waals surface area contributed by atoms with Crippen molar-refractivity contribution < 1.29 is 9.53 Å². The van der Waals surface area contributed by atoms with Crippen LogP contribution in [-0.4, -0.2) is 18.0 Å². The standard InChI is InChI=1S/C16H24N2O2.ClH/c1-11(2)7-16(3,10-17)18-15(19)12-4-5-13-8-20-9-14(13)6-12;/h4-6,11H,7-10,17H2,1-3H3,(H,18,19);1H. The zero-order chi connectivity index (χ0) is 14.8. The Kier molecular flexibility index (Phi) is 6.20. The highest BCUT2D eigenvalue weighted by atomic mass is 35.5. The van der Waals surface area contributed by atoms with Crippen molar-refractivity contribution >= 4 is 18.3 Å². The van der Waals surface area contributed by atoms with E-state index < -0.39 is 0 Å². The van der Waals surface area contributed by atoms with Crippen LogP contribution in [0.25, 0.3) is 0 Å². The highest BCUT2D eigenvalue weighted by Gasteiger charge is 2.26. The number of nitrogens with two attached hydrogens (primary N) is 1. The monoisotopic (exact) mass is 312 g/mol. The van der Waals surface area contributed by atoms with Crippen LogP contribution >= 0.6 is 12.4 Å². The molecule has 4 nitrogen and oxygen atoms in total. The molecule has 0 fully saturated rings. The first-order valence-electron chi connectivity index (χ1n) is 7.15. The largest absolute Gasteiger partial charge is 0.372 e. The number of carbonyl (C=O) groups is 1. The van der Waals surface area contributed by atoms with Gasteiger partial charge in [-0.05, 0) is 42.5 Å². The van der Waals surface area contributed by atoms with Crippen LogP contribution in [0.2, 0.25) is 0 Å². The maximum atomic E-state index is 12.4. The number of nitrogens with one attached hydrogen (secondary N) is 1. The number of halogens is 1. The van der Waals surface area contributed by atoms with Gasteiger partial charge in [0.1, 0.15) is 0 Å². The van der Waals surface area contributed by atoms with Gasteiger partial charge < -0.3 is 15.8 Å². The van der Waals surface area contributed by atoms with E-state index in [1.807, 2.05) is 25.1 Å². The number of hydrogen-bond acceptors (Lipinski definition) is 3. The summed E-state index contributed by atoms with van der Waals surface area (Å²) in [6.45, 7) is 7.94. The minimum Gasteiger partial charge on any atom is -0.372 e. The molecule has 5 heteroatoms. The van der Waals surface area contributed by atoms with E-state index in [1.54, 1.807) is 0 Å². The second-order valence-electron chi connectivity index (χ2n) is 6.29. The summed E-state index contributed by atoms with van der Waals surface area (Å²) in [6.07, 6.45) is 0.864. The molecular weight excluding hydrogens is 288 g/mol. The molecule has 21 heavy (non-hydrogen) atoms. The summed E-state index contributed by atoms with van der Waals surface area (Å²) in [4.78, 5) is 12.4. The fourth-order valence-corrected chi connectivity index (χ4v) is 2.75. The molecule has 0 saturated carbocycles. The van der Waals surface area contributed by atoms with Crippen LogP contribution < -0.4 is 11.1 Å². The van der Waals surface area contributed by atoms with E-state index in [9.17, 15) is 4.79 Å². The maximum Gasteiger partial charge on any atom is 0.251 e. The van der Waals surface area contributed by atoms with Gasteiger partial charge in [0, 0.05) is 17.6 Å². The lowest BCUT2D eigenvalue weighted by atomic mass is 9.90. The Bertz CT molecular complexity index is 505. The summed E-state index contributed by atoms with van der Waals surface area (Å²) >= 11 is 0. The molecule has 0 radical (unpaired) electrons. The predicted molar refractivity (Wildman–Crippen MR) is 86.6 cm³/mol. The molecule has 3 N–H and O–H groups in total. The zero-order valence-corrected chi connectivity index (χ0v) is 13.8. The van der Waals surface area contributed by atoms with Crippen LogP contribution in [0.15, 0.2) is 18.2 Å². The molecule has 1 aromatic carbocycles. The number of rotatable bonds is 5. The molecule has 1 unspecified atom stereocenters. The highest BCUT2D eigenvalue weighted by Crippen LogP contribution is 2.22. The fourth-order valence-electron chi connectivity index (χ4n) is 2.75. The second-order valence-corrected chi connectivity index (χ2v) is 6.29. The van der Waals surface area contributed by atoms with Gasteiger partial charge in [-0.2, -0.15) is 0 Å². The smallest absolute Gasteiger partial charge is 0.251 e. The molecule has 118 valence electrons. The van der Waals surface area contributed by atoms with Crippen LogP contribution in [0.3, 0.4) is 0 Å². The summed E-state index contributed by atoms with van der Waals surface area (Å²) < 4.78 is 5.37. The Morgan fingerprint density at radius 2 is 2.05 bits per heavy atom. The number of carbonyl (C=O) groups excluding carboxylic acids is 1. The molecule has 1 atom stereocenters. The third-order valence-corrected chi connectivity index (χ3v) is 3.71. The molecule has 0 aliphatic carbocycles. The maximum absolute atomic E-state index is 12.4. The molecule has 2 rings (SSSR count). The molecule has 1 amide bonds. The molecule has 1 aromatic rings. The first-order valence-corrected chi connectivity index (χ1v) is 7.15. The van der Waals surface area contributed by atoms with Crippen LogP contribution in [-0.2, 0) is 18.0 Å². The minimum atomic E-state index is -0.360. The molecule has 0 spiro atoms. The normalized spacial score (nSPS) is 16.0. The van der Waals surface area contributed by atoms with Crippen molar-refractivity contribution in [3.63, 3.8) is 0 Å². The molecule has 0 saturated heterocycles. The Balaban J connectivity index is 0.00000220. The van der Waals surface area contributed by atoms with Gasteiger partial charge in [-0.3, -0.25) is 4.79 Å². The van der Waals surface area contributed by atoms with E-state index in [0.717, 1.165) is 12.0 Å². The Hall–Kier alpha value is -1.10. The van der Waals surface area contributed by atoms with Gasteiger partial charge in [-0.1, -0.05) is 19.9 Å². The minimum absolute atomic E-state index is 0. The van der Waals surface area contributed by atoms with Crippen molar-refractivity contribution in [2.45, 2.75) is 45.9 Å². The number of hydrogen-bond donors (Lipinski definition) is 2.